The summed E-state index contributed by atoms with van der Waals surface area (Å²) in [5.74, 6) is -0.210. The van der Waals surface area contributed by atoms with Crippen LogP contribution in [0.3, 0.4) is 0 Å². The van der Waals surface area contributed by atoms with Crippen LogP contribution in [0, 0.1) is 5.92 Å². The van der Waals surface area contributed by atoms with E-state index in [-0.39, 0.29) is 29.5 Å². The fourth-order valence-electron chi connectivity index (χ4n) is 2.70. The zero-order valence-corrected chi connectivity index (χ0v) is 16.7. The molecule has 4 nitrogen and oxygen atoms in total. The van der Waals surface area contributed by atoms with E-state index in [0.717, 1.165) is 6.61 Å². The van der Waals surface area contributed by atoms with Crippen molar-refractivity contribution in [1.29, 1.82) is 0 Å². The molecule has 0 amide bonds. The van der Waals surface area contributed by atoms with E-state index in [4.69, 9.17) is 18.6 Å². The van der Waals surface area contributed by atoms with Gasteiger partial charge in [-0.05, 0) is 37.9 Å². The molecule has 0 radical (unpaired) electrons. The first-order valence-electron chi connectivity index (χ1n) is 8.49. The SMILES string of the molecule is CC(C)[C@H]1OC(C)(C)O[C@H]([C@H]2CO2)[C@@H]1O[Si](C)(C)C(C)(C)C. The van der Waals surface area contributed by atoms with E-state index >= 15 is 0 Å². The molecule has 0 bridgehead atoms. The first kappa shape index (κ1) is 18.4. The zero-order valence-electron chi connectivity index (χ0n) is 15.7. The molecule has 0 aromatic rings. The number of ether oxygens (including phenoxy) is 3. The van der Waals surface area contributed by atoms with Gasteiger partial charge in [0.1, 0.15) is 18.3 Å². The summed E-state index contributed by atoms with van der Waals surface area (Å²) >= 11 is 0. The summed E-state index contributed by atoms with van der Waals surface area (Å²) in [5.41, 5.74) is 0. The average Bonchev–Trinajstić information content (AvgIpc) is 3.12. The van der Waals surface area contributed by atoms with Crippen molar-refractivity contribution in [2.24, 2.45) is 5.92 Å². The lowest BCUT2D eigenvalue weighted by molar-refractivity contribution is -0.338. The van der Waals surface area contributed by atoms with Gasteiger partial charge < -0.3 is 18.6 Å². The largest absolute Gasteiger partial charge is 0.408 e. The van der Waals surface area contributed by atoms with E-state index in [1.165, 1.54) is 0 Å². The molecule has 4 atom stereocenters. The maximum Gasteiger partial charge on any atom is 0.192 e. The number of hydrogen-bond donors (Lipinski definition) is 0. The van der Waals surface area contributed by atoms with Gasteiger partial charge >= 0.3 is 0 Å². The Kier molecular flexibility index (Phi) is 4.89. The Morgan fingerprint density at radius 3 is 2.09 bits per heavy atom. The lowest BCUT2D eigenvalue weighted by atomic mass is 9.94. The monoisotopic (exact) mass is 330 g/mol. The molecule has 0 N–H and O–H groups in total. The molecule has 2 aliphatic heterocycles. The van der Waals surface area contributed by atoms with Gasteiger partial charge in [-0.15, -0.1) is 0 Å². The molecular weight excluding hydrogens is 296 g/mol. The van der Waals surface area contributed by atoms with Gasteiger partial charge in [0.25, 0.3) is 0 Å². The van der Waals surface area contributed by atoms with Crippen molar-refractivity contribution < 1.29 is 18.6 Å². The second-order valence-corrected chi connectivity index (χ2v) is 13.8. The van der Waals surface area contributed by atoms with Gasteiger partial charge in [0.2, 0.25) is 0 Å². The van der Waals surface area contributed by atoms with Crippen molar-refractivity contribution in [1.82, 2.24) is 0 Å². The smallest absolute Gasteiger partial charge is 0.192 e. The van der Waals surface area contributed by atoms with E-state index in [0.29, 0.717) is 5.92 Å². The van der Waals surface area contributed by atoms with Gasteiger partial charge in [0.15, 0.2) is 14.1 Å². The van der Waals surface area contributed by atoms with Crippen LogP contribution in [0.15, 0.2) is 0 Å². The predicted octanol–water partition coefficient (Wildman–Crippen LogP) is 3.95. The first-order chi connectivity index (χ1) is 9.84. The molecule has 2 fully saturated rings. The Hall–Kier alpha value is 0.0569. The summed E-state index contributed by atoms with van der Waals surface area (Å²) in [6, 6.07) is 0. The normalized spacial score (nSPS) is 35.7. The topological polar surface area (TPSA) is 40.2 Å². The molecule has 0 saturated carbocycles. The zero-order chi connectivity index (χ0) is 16.9. The van der Waals surface area contributed by atoms with Crippen LogP contribution < -0.4 is 0 Å². The van der Waals surface area contributed by atoms with Crippen molar-refractivity contribution >= 4 is 8.32 Å². The summed E-state index contributed by atoms with van der Waals surface area (Å²) in [6.45, 7) is 20.5. The Morgan fingerprint density at radius 1 is 1.14 bits per heavy atom. The Bertz CT molecular complexity index is 382. The van der Waals surface area contributed by atoms with E-state index in [1.807, 2.05) is 13.8 Å². The standard InChI is InChI=1S/C17H34O4Si/c1-11(2)13-15(21-22(8,9)16(3,4)5)14(12-10-18-12)20-17(6,7)19-13/h11-15H,10H2,1-9H3/t12-,13-,14-,15-/m1/s1. The maximum absolute atomic E-state index is 6.73. The van der Waals surface area contributed by atoms with E-state index < -0.39 is 14.1 Å². The fraction of sp³-hybridized carbons (Fsp3) is 1.00. The molecule has 0 aromatic carbocycles. The van der Waals surface area contributed by atoms with Gasteiger partial charge in [0.05, 0.1) is 12.7 Å². The average molecular weight is 331 g/mol. The molecule has 2 heterocycles. The van der Waals surface area contributed by atoms with Crippen molar-refractivity contribution in [3.8, 4) is 0 Å². The van der Waals surface area contributed by atoms with Crippen LogP contribution >= 0.6 is 0 Å². The lowest BCUT2D eigenvalue weighted by Crippen LogP contribution is -2.62. The minimum Gasteiger partial charge on any atom is -0.408 e. The highest BCUT2D eigenvalue weighted by Gasteiger charge is 2.54. The van der Waals surface area contributed by atoms with E-state index in [2.05, 4.69) is 47.7 Å². The molecule has 0 aliphatic carbocycles. The maximum atomic E-state index is 6.73. The fourth-order valence-corrected chi connectivity index (χ4v) is 4.01. The second kappa shape index (κ2) is 5.85. The third kappa shape index (κ3) is 3.93. The number of rotatable bonds is 4. The van der Waals surface area contributed by atoms with Gasteiger partial charge in [-0.2, -0.15) is 0 Å². The highest BCUT2D eigenvalue weighted by molar-refractivity contribution is 6.74. The Labute approximate surface area is 137 Å². The molecule has 0 spiro atoms. The highest BCUT2D eigenvalue weighted by Crippen LogP contribution is 2.43. The molecule has 0 unspecified atom stereocenters. The lowest BCUT2D eigenvalue weighted by Gasteiger charge is -2.50. The quantitative estimate of drug-likeness (QED) is 0.578. The van der Waals surface area contributed by atoms with Crippen molar-refractivity contribution in [2.75, 3.05) is 6.61 Å². The van der Waals surface area contributed by atoms with Gasteiger partial charge in [-0.3, -0.25) is 0 Å². The highest BCUT2D eigenvalue weighted by atomic mass is 28.4. The third-order valence-corrected chi connectivity index (χ3v) is 9.58. The molecule has 22 heavy (non-hydrogen) atoms. The summed E-state index contributed by atoms with van der Waals surface area (Å²) in [7, 11) is -1.90. The van der Waals surface area contributed by atoms with Crippen LogP contribution in [0.25, 0.3) is 0 Å². The molecule has 130 valence electrons. The van der Waals surface area contributed by atoms with Crippen LogP contribution in [-0.2, 0) is 18.6 Å². The van der Waals surface area contributed by atoms with Crippen molar-refractivity contribution in [3.05, 3.63) is 0 Å². The van der Waals surface area contributed by atoms with Gasteiger partial charge in [0, 0.05) is 0 Å². The van der Waals surface area contributed by atoms with Crippen LogP contribution in [0.2, 0.25) is 18.1 Å². The molecule has 2 saturated heterocycles. The summed E-state index contributed by atoms with van der Waals surface area (Å²) < 4.78 is 24.7. The van der Waals surface area contributed by atoms with Crippen molar-refractivity contribution in [3.63, 3.8) is 0 Å². The van der Waals surface area contributed by atoms with Gasteiger partial charge in [-0.25, -0.2) is 0 Å². The second-order valence-electron chi connectivity index (χ2n) is 9.02. The van der Waals surface area contributed by atoms with E-state index in [9.17, 15) is 0 Å². The Balaban J connectivity index is 2.26. The van der Waals surface area contributed by atoms with Crippen LogP contribution in [-0.4, -0.2) is 45.1 Å². The summed E-state index contributed by atoms with van der Waals surface area (Å²) in [5, 5.41) is 0.163. The Morgan fingerprint density at radius 2 is 1.68 bits per heavy atom. The minimum absolute atomic E-state index is 0.0343. The first-order valence-corrected chi connectivity index (χ1v) is 11.4. The predicted molar refractivity (Wildman–Crippen MR) is 90.5 cm³/mol. The van der Waals surface area contributed by atoms with Crippen molar-refractivity contribution in [2.45, 2.75) is 96.8 Å². The van der Waals surface area contributed by atoms with Crippen LogP contribution in [0.5, 0.6) is 0 Å². The van der Waals surface area contributed by atoms with Crippen LogP contribution in [0.4, 0.5) is 0 Å². The molecular formula is C17H34O4Si. The third-order valence-electron chi connectivity index (χ3n) is 5.11. The van der Waals surface area contributed by atoms with Gasteiger partial charge in [-0.1, -0.05) is 34.6 Å². The molecule has 2 aliphatic rings. The minimum atomic E-state index is -1.90. The van der Waals surface area contributed by atoms with Crippen LogP contribution in [0.1, 0.15) is 48.5 Å². The molecule has 5 heteroatoms. The van der Waals surface area contributed by atoms with E-state index in [1.54, 1.807) is 0 Å². The summed E-state index contributed by atoms with van der Waals surface area (Å²) in [4.78, 5) is 0. The number of epoxide rings is 1. The number of hydrogen-bond acceptors (Lipinski definition) is 4. The molecule has 0 aromatic heterocycles. The summed E-state index contributed by atoms with van der Waals surface area (Å²) in [6.07, 6.45) is 0.0953. The molecule has 2 rings (SSSR count).